The maximum atomic E-state index is 5.79. The maximum Gasteiger partial charge on any atom is 0.191 e. The minimum absolute atomic E-state index is 0. The summed E-state index contributed by atoms with van der Waals surface area (Å²) in [6.45, 7) is 10.3. The lowest BCUT2D eigenvalue weighted by molar-refractivity contribution is 0.146. The molecule has 0 amide bonds. The fraction of sp³-hybridized carbons (Fsp3) is 0.900. The third-order valence-electron chi connectivity index (χ3n) is 2.01. The molecule has 0 bridgehead atoms. The van der Waals surface area contributed by atoms with Crippen LogP contribution in [-0.4, -0.2) is 43.7 Å². The summed E-state index contributed by atoms with van der Waals surface area (Å²) >= 11 is 0. The lowest BCUT2D eigenvalue weighted by atomic mass is 10.4. The van der Waals surface area contributed by atoms with Crippen LogP contribution in [0.15, 0.2) is 4.99 Å². The molecule has 0 aromatic carbocycles. The third-order valence-corrected chi connectivity index (χ3v) is 2.01. The van der Waals surface area contributed by atoms with Crippen LogP contribution in [0.5, 0.6) is 0 Å². The van der Waals surface area contributed by atoms with Crippen LogP contribution in [0.3, 0.4) is 0 Å². The molecule has 0 rings (SSSR count). The van der Waals surface area contributed by atoms with Gasteiger partial charge in [-0.05, 0) is 27.2 Å². The predicted octanol–water partition coefficient (Wildman–Crippen LogP) is 1.69. The van der Waals surface area contributed by atoms with Gasteiger partial charge in [0.15, 0.2) is 5.96 Å². The molecule has 92 valence electrons. The van der Waals surface area contributed by atoms with Crippen LogP contribution in [0.2, 0.25) is 0 Å². The molecule has 2 N–H and O–H groups in total. The summed E-state index contributed by atoms with van der Waals surface area (Å²) in [5.41, 5.74) is 5.79. The van der Waals surface area contributed by atoms with E-state index in [1.807, 2.05) is 11.8 Å². The van der Waals surface area contributed by atoms with E-state index in [2.05, 4.69) is 18.8 Å². The Morgan fingerprint density at radius 2 is 1.87 bits per heavy atom. The Hall–Kier alpha value is -0.0400. The van der Waals surface area contributed by atoms with Gasteiger partial charge in [0.2, 0.25) is 0 Å². The van der Waals surface area contributed by atoms with Gasteiger partial charge in [-0.25, -0.2) is 0 Å². The lowest BCUT2D eigenvalue weighted by Crippen LogP contribution is -2.37. The Bertz CT molecular complexity index is 161. The van der Waals surface area contributed by atoms with Crippen LogP contribution in [0.25, 0.3) is 0 Å². The molecule has 4 nitrogen and oxygen atoms in total. The minimum Gasteiger partial charge on any atom is -0.382 e. The zero-order chi connectivity index (χ0) is 10.8. The highest BCUT2D eigenvalue weighted by Gasteiger charge is 2.00. The molecule has 0 unspecified atom stereocenters. The van der Waals surface area contributed by atoms with Crippen molar-refractivity contribution < 1.29 is 4.74 Å². The van der Waals surface area contributed by atoms with Crippen molar-refractivity contribution in [2.75, 3.05) is 32.8 Å². The third kappa shape index (κ3) is 8.92. The van der Waals surface area contributed by atoms with E-state index in [1.165, 1.54) is 0 Å². The van der Waals surface area contributed by atoms with E-state index in [4.69, 9.17) is 10.5 Å². The summed E-state index contributed by atoms with van der Waals surface area (Å²) in [6, 6.07) is 0. The monoisotopic (exact) mass is 329 g/mol. The average Bonchev–Trinajstić information content (AvgIpc) is 2.19. The van der Waals surface area contributed by atoms with Gasteiger partial charge in [-0.15, -0.1) is 24.0 Å². The van der Waals surface area contributed by atoms with E-state index in [0.29, 0.717) is 5.96 Å². The smallest absolute Gasteiger partial charge is 0.191 e. The fourth-order valence-electron chi connectivity index (χ4n) is 1.15. The topological polar surface area (TPSA) is 50.9 Å². The van der Waals surface area contributed by atoms with E-state index >= 15 is 0 Å². The largest absolute Gasteiger partial charge is 0.382 e. The number of hydrogen-bond donors (Lipinski definition) is 1. The standard InChI is InChI=1S/C10H23N3O.HI/c1-4-13(5-2)10(11)12-8-7-9-14-6-3;/h4-9H2,1-3H3,(H2,11,12);1H. The van der Waals surface area contributed by atoms with Crippen LogP contribution in [0, 0.1) is 0 Å². The molecule has 15 heavy (non-hydrogen) atoms. The molecule has 0 atom stereocenters. The number of guanidine groups is 1. The van der Waals surface area contributed by atoms with Crippen molar-refractivity contribution in [3.05, 3.63) is 0 Å². The maximum absolute atomic E-state index is 5.79. The Morgan fingerprint density at radius 1 is 1.27 bits per heavy atom. The molecule has 0 aliphatic carbocycles. The summed E-state index contributed by atoms with van der Waals surface area (Å²) < 4.78 is 5.20. The highest BCUT2D eigenvalue weighted by Crippen LogP contribution is 1.89. The minimum atomic E-state index is 0. The van der Waals surface area contributed by atoms with Crippen molar-refractivity contribution in [2.24, 2.45) is 10.7 Å². The normalized spacial score (nSPS) is 11.0. The number of aliphatic imine (C=N–C) groups is 1. The van der Waals surface area contributed by atoms with Crippen molar-refractivity contribution in [1.82, 2.24) is 4.90 Å². The number of nitrogens with two attached hydrogens (primary N) is 1. The van der Waals surface area contributed by atoms with E-state index in [0.717, 1.165) is 39.3 Å². The van der Waals surface area contributed by atoms with Crippen molar-refractivity contribution in [3.63, 3.8) is 0 Å². The van der Waals surface area contributed by atoms with E-state index in [1.54, 1.807) is 0 Å². The first-order valence-corrected chi connectivity index (χ1v) is 5.38. The van der Waals surface area contributed by atoms with E-state index in [-0.39, 0.29) is 24.0 Å². The van der Waals surface area contributed by atoms with Crippen LogP contribution in [0.1, 0.15) is 27.2 Å². The lowest BCUT2D eigenvalue weighted by Gasteiger charge is -2.19. The van der Waals surface area contributed by atoms with Gasteiger partial charge in [-0.3, -0.25) is 4.99 Å². The van der Waals surface area contributed by atoms with Gasteiger partial charge in [0.05, 0.1) is 0 Å². The van der Waals surface area contributed by atoms with E-state index in [9.17, 15) is 0 Å². The first-order valence-electron chi connectivity index (χ1n) is 5.38. The van der Waals surface area contributed by atoms with Gasteiger partial charge in [-0.2, -0.15) is 0 Å². The first-order chi connectivity index (χ1) is 6.76. The number of hydrogen-bond acceptors (Lipinski definition) is 2. The van der Waals surface area contributed by atoms with Crippen LogP contribution in [-0.2, 0) is 4.74 Å². The van der Waals surface area contributed by atoms with Gasteiger partial charge in [0.25, 0.3) is 0 Å². The molecule has 0 radical (unpaired) electrons. The first kappa shape index (κ1) is 17.4. The molecule has 0 aromatic heterocycles. The summed E-state index contributed by atoms with van der Waals surface area (Å²) in [5.74, 6) is 0.645. The summed E-state index contributed by atoms with van der Waals surface area (Å²) in [7, 11) is 0. The Balaban J connectivity index is 0. The van der Waals surface area contributed by atoms with Gasteiger partial charge < -0.3 is 15.4 Å². The second kappa shape index (κ2) is 12.0. The summed E-state index contributed by atoms with van der Waals surface area (Å²) in [6.07, 6.45) is 0.940. The Labute approximate surface area is 110 Å². The summed E-state index contributed by atoms with van der Waals surface area (Å²) in [5, 5.41) is 0. The number of halogens is 1. The highest BCUT2D eigenvalue weighted by molar-refractivity contribution is 14.0. The molecule has 0 aromatic rings. The van der Waals surface area contributed by atoms with Crippen molar-refractivity contribution >= 4 is 29.9 Å². The number of ether oxygens (including phenoxy) is 1. The molecule has 0 aliphatic rings. The van der Waals surface area contributed by atoms with Crippen LogP contribution >= 0.6 is 24.0 Å². The fourth-order valence-corrected chi connectivity index (χ4v) is 1.15. The van der Waals surface area contributed by atoms with Gasteiger partial charge in [0.1, 0.15) is 0 Å². The van der Waals surface area contributed by atoms with Gasteiger partial charge in [0, 0.05) is 32.8 Å². The van der Waals surface area contributed by atoms with Crippen LogP contribution < -0.4 is 5.73 Å². The molecular formula is C10H24IN3O. The molecule has 0 saturated heterocycles. The quantitative estimate of drug-likeness (QED) is 0.335. The Morgan fingerprint density at radius 3 is 2.33 bits per heavy atom. The van der Waals surface area contributed by atoms with Crippen LogP contribution in [0.4, 0.5) is 0 Å². The average molecular weight is 329 g/mol. The SMILES string of the molecule is CCOCCCN=C(N)N(CC)CC.I. The second-order valence-electron chi connectivity index (χ2n) is 2.96. The van der Waals surface area contributed by atoms with Crippen molar-refractivity contribution in [3.8, 4) is 0 Å². The van der Waals surface area contributed by atoms with Gasteiger partial charge >= 0.3 is 0 Å². The van der Waals surface area contributed by atoms with Crippen molar-refractivity contribution in [1.29, 1.82) is 0 Å². The molecule has 5 heteroatoms. The molecule has 0 saturated carbocycles. The Kier molecular flexibility index (Phi) is 13.9. The molecular weight excluding hydrogens is 305 g/mol. The molecule has 0 fully saturated rings. The zero-order valence-corrected chi connectivity index (χ0v) is 12.4. The van der Waals surface area contributed by atoms with Crippen molar-refractivity contribution in [2.45, 2.75) is 27.2 Å². The molecule has 0 spiro atoms. The zero-order valence-electron chi connectivity index (χ0n) is 10.0. The van der Waals surface area contributed by atoms with Gasteiger partial charge in [-0.1, -0.05) is 0 Å². The highest BCUT2D eigenvalue weighted by atomic mass is 127. The second-order valence-corrected chi connectivity index (χ2v) is 2.96. The predicted molar refractivity (Wildman–Crippen MR) is 75.9 cm³/mol. The molecule has 0 aliphatic heterocycles. The van der Waals surface area contributed by atoms with E-state index < -0.39 is 0 Å². The molecule has 0 heterocycles. The number of rotatable bonds is 7. The summed E-state index contributed by atoms with van der Waals surface area (Å²) in [4.78, 5) is 6.32. The number of nitrogens with zero attached hydrogens (tertiary/aromatic N) is 2.